The summed E-state index contributed by atoms with van der Waals surface area (Å²) in [6.45, 7) is 2.10. The first-order chi connectivity index (χ1) is 27.1. The number of H-pyrrole nitrogens is 2. The molecule has 0 amide bonds. The van der Waals surface area contributed by atoms with Crippen molar-refractivity contribution in [1.29, 1.82) is 0 Å². The fraction of sp³-hybridized carbons (Fsp3) is 0.368. The molecule has 18 heteroatoms. The molecule has 0 aromatic carbocycles. The number of carboxylic acids is 1. The van der Waals surface area contributed by atoms with Gasteiger partial charge in [0.15, 0.2) is 34.9 Å². The van der Waals surface area contributed by atoms with Crippen molar-refractivity contribution >= 4 is 68.8 Å². The Balaban J connectivity index is 0.000000172. The highest BCUT2D eigenvalue weighted by molar-refractivity contribution is 6.31. The van der Waals surface area contributed by atoms with E-state index in [2.05, 4.69) is 50.5 Å². The number of aromatic amines is 2. The largest absolute Gasteiger partial charge is 0.481 e. The summed E-state index contributed by atoms with van der Waals surface area (Å²) in [4.78, 5) is 55.1. The van der Waals surface area contributed by atoms with E-state index in [-0.39, 0.29) is 35.6 Å². The second kappa shape index (κ2) is 17.1. The lowest BCUT2D eigenvalue weighted by molar-refractivity contribution is -0.149. The van der Waals surface area contributed by atoms with Gasteiger partial charge >= 0.3 is 11.9 Å². The van der Waals surface area contributed by atoms with Crippen LogP contribution in [0.3, 0.4) is 0 Å². The Morgan fingerprint density at radius 1 is 0.750 bits per heavy atom. The first-order valence-corrected chi connectivity index (χ1v) is 19.1. The van der Waals surface area contributed by atoms with Crippen molar-refractivity contribution in [1.82, 2.24) is 39.9 Å². The Morgan fingerprint density at radius 3 is 1.70 bits per heavy atom. The van der Waals surface area contributed by atoms with Gasteiger partial charge in [0, 0.05) is 58.8 Å². The maximum absolute atomic E-state index is 14.5. The van der Waals surface area contributed by atoms with Crippen LogP contribution in [-0.4, -0.2) is 75.6 Å². The van der Waals surface area contributed by atoms with Crippen LogP contribution in [0.15, 0.2) is 49.3 Å². The van der Waals surface area contributed by atoms with E-state index in [4.69, 9.17) is 27.9 Å². The van der Waals surface area contributed by atoms with E-state index in [0.717, 1.165) is 55.3 Å². The number of hydrogen-bond acceptors (Lipinski definition) is 11. The van der Waals surface area contributed by atoms with Crippen LogP contribution in [0.25, 0.3) is 44.8 Å². The quantitative estimate of drug-likeness (QED) is 0.0880. The number of fused-ring (bicyclic) bond motifs is 2. The Morgan fingerprint density at radius 2 is 1.21 bits per heavy atom. The fourth-order valence-corrected chi connectivity index (χ4v) is 7.62. The van der Waals surface area contributed by atoms with Gasteiger partial charge in [0.1, 0.15) is 11.3 Å². The molecular formula is C38H38Cl2F2N10O4. The van der Waals surface area contributed by atoms with Gasteiger partial charge in [-0.05, 0) is 44.7 Å². The first kappa shape index (κ1) is 38.8. The molecule has 2 saturated carbocycles. The number of ether oxygens (including phenoxy) is 1. The molecule has 0 spiro atoms. The molecule has 0 unspecified atom stereocenters. The molecule has 6 aromatic rings. The molecule has 0 radical (unpaired) electrons. The van der Waals surface area contributed by atoms with Crippen LogP contribution >= 0.6 is 23.2 Å². The number of carbonyl (C=O) groups excluding carboxylic acids is 1. The van der Waals surface area contributed by atoms with E-state index in [1.807, 2.05) is 0 Å². The van der Waals surface area contributed by atoms with Crippen molar-refractivity contribution in [3.05, 3.63) is 71.0 Å². The maximum atomic E-state index is 14.5. The number of esters is 1. The van der Waals surface area contributed by atoms with Crippen molar-refractivity contribution in [2.75, 3.05) is 17.2 Å². The zero-order chi connectivity index (χ0) is 39.3. The second-order valence-corrected chi connectivity index (χ2v) is 14.5. The minimum Gasteiger partial charge on any atom is -0.481 e. The molecule has 6 aromatic heterocycles. The Bertz CT molecular complexity index is 2380. The van der Waals surface area contributed by atoms with Gasteiger partial charge in [-0.1, -0.05) is 48.9 Å². The number of carboxylic acid groups (broad SMARTS) is 1. The summed E-state index contributed by atoms with van der Waals surface area (Å²) in [5.74, 6) is -2.49. The van der Waals surface area contributed by atoms with Gasteiger partial charge in [-0.2, -0.15) is 0 Å². The van der Waals surface area contributed by atoms with E-state index < -0.39 is 23.5 Å². The van der Waals surface area contributed by atoms with Crippen LogP contribution in [-0.2, 0) is 14.3 Å². The summed E-state index contributed by atoms with van der Waals surface area (Å²) in [5, 5.41) is 17.9. The average molecular weight is 808 g/mol. The average Bonchev–Trinajstić information content (AvgIpc) is 3.81. The summed E-state index contributed by atoms with van der Waals surface area (Å²) in [6.07, 6.45) is 15.0. The molecule has 5 N–H and O–H groups in total. The molecule has 2 aliphatic carbocycles. The highest BCUT2D eigenvalue weighted by Gasteiger charge is 2.34. The Labute approximate surface area is 329 Å². The van der Waals surface area contributed by atoms with Gasteiger partial charge in [-0.25, -0.2) is 38.7 Å². The summed E-state index contributed by atoms with van der Waals surface area (Å²) < 4.78 is 34.0. The number of nitrogens with zero attached hydrogens (tertiary/aromatic N) is 6. The summed E-state index contributed by atoms with van der Waals surface area (Å²) >= 11 is 12.1. The third kappa shape index (κ3) is 8.50. The predicted molar refractivity (Wildman–Crippen MR) is 207 cm³/mol. The van der Waals surface area contributed by atoms with Crippen molar-refractivity contribution in [3.8, 4) is 22.8 Å². The normalized spacial score (nSPS) is 19.6. The molecule has 8 rings (SSSR count). The van der Waals surface area contributed by atoms with Gasteiger partial charge in [0.2, 0.25) is 0 Å². The van der Waals surface area contributed by atoms with Gasteiger partial charge in [-0.15, -0.1) is 0 Å². The van der Waals surface area contributed by atoms with Gasteiger partial charge in [-0.3, -0.25) is 9.59 Å². The zero-order valence-electron chi connectivity index (χ0n) is 30.2. The van der Waals surface area contributed by atoms with Gasteiger partial charge < -0.3 is 30.4 Å². The first-order valence-electron chi connectivity index (χ1n) is 18.3. The van der Waals surface area contributed by atoms with E-state index in [1.54, 1.807) is 37.6 Å². The molecule has 6 heterocycles. The molecule has 0 bridgehead atoms. The monoisotopic (exact) mass is 806 g/mol. The number of halogens is 4. The molecular weight excluding hydrogens is 769 g/mol. The van der Waals surface area contributed by atoms with Crippen molar-refractivity contribution in [3.63, 3.8) is 0 Å². The molecule has 2 aliphatic rings. The lowest BCUT2D eigenvalue weighted by Crippen LogP contribution is -2.38. The molecule has 0 aliphatic heterocycles. The number of aliphatic carboxylic acids is 1. The predicted octanol–water partition coefficient (Wildman–Crippen LogP) is 8.21. The summed E-state index contributed by atoms with van der Waals surface area (Å²) in [7, 11) is 0. The topological polar surface area (TPSA) is 197 Å². The lowest BCUT2D eigenvalue weighted by Gasteiger charge is -2.31. The standard InChI is InChI=1S/C20H21ClFN5O2.C18H17ClFN5O2/c1-2-29-20(28)12-5-3-4-6-16(12)26-19-15(22)10-25-18(27-19)14-9-24-17-13(14)7-11(21)8-23-17;19-9-5-11-12(7-22-15(11)21-6-9)16-23-8-13(20)17(25-16)24-14-4-2-1-3-10(14)18(26)27/h7-10,12,16H,2-6H2,1H3,(H,23,24)(H,25,26,27);5-8,10,14H,1-4H2,(H,21,22)(H,26,27)(H,23,24,25)/t12-,16-;10-,14-/m00/s1. The fourth-order valence-electron chi connectivity index (χ4n) is 7.31. The number of pyridine rings is 2. The SMILES string of the molecule is CCOC(=O)[C@H]1CCCC[C@@H]1Nc1nc(-c2c[nH]c3ncc(Cl)cc23)ncc1F.O=C(O)[C@H]1CCCC[C@@H]1Nc1nc(-c2c[nH]c3ncc(Cl)cc23)ncc1F. The number of hydrogen-bond donors (Lipinski definition) is 5. The van der Waals surface area contributed by atoms with Crippen molar-refractivity contribution < 1.29 is 28.2 Å². The third-order valence-electron chi connectivity index (χ3n) is 10.0. The van der Waals surface area contributed by atoms with Gasteiger partial charge in [0.05, 0.1) is 40.9 Å². The second-order valence-electron chi connectivity index (χ2n) is 13.7. The van der Waals surface area contributed by atoms with Crippen LogP contribution in [0, 0.1) is 23.5 Å². The summed E-state index contributed by atoms with van der Waals surface area (Å²) in [5.41, 5.74) is 2.57. The molecule has 14 nitrogen and oxygen atoms in total. The van der Waals surface area contributed by atoms with Crippen molar-refractivity contribution in [2.45, 2.75) is 70.4 Å². The van der Waals surface area contributed by atoms with Crippen LogP contribution in [0.5, 0.6) is 0 Å². The zero-order valence-corrected chi connectivity index (χ0v) is 31.7. The molecule has 2 fully saturated rings. The summed E-state index contributed by atoms with van der Waals surface area (Å²) in [6, 6.07) is 2.89. The van der Waals surface area contributed by atoms with Crippen LogP contribution in [0.2, 0.25) is 10.0 Å². The minimum absolute atomic E-state index is 0.00230. The third-order valence-corrected chi connectivity index (χ3v) is 10.5. The van der Waals surface area contributed by atoms with Gasteiger partial charge in [0.25, 0.3) is 0 Å². The number of aromatic nitrogens is 8. The number of carbonyl (C=O) groups is 2. The maximum Gasteiger partial charge on any atom is 0.311 e. The number of nitrogens with one attached hydrogen (secondary N) is 4. The number of anilines is 2. The van der Waals surface area contributed by atoms with Crippen LogP contribution in [0.4, 0.5) is 20.4 Å². The lowest BCUT2D eigenvalue weighted by atomic mass is 9.84. The molecule has 4 atom stereocenters. The Hall–Kier alpha value is -5.48. The van der Waals surface area contributed by atoms with E-state index >= 15 is 0 Å². The van der Waals surface area contributed by atoms with E-state index in [0.29, 0.717) is 70.0 Å². The highest BCUT2D eigenvalue weighted by Crippen LogP contribution is 2.33. The number of rotatable bonds is 9. The van der Waals surface area contributed by atoms with Crippen LogP contribution < -0.4 is 10.6 Å². The molecule has 56 heavy (non-hydrogen) atoms. The molecule has 0 saturated heterocycles. The molecule has 292 valence electrons. The van der Waals surface area contributed by atoms with Crippen LogP contribution in [0.1, 0.15) is 58.3 Å². The van der Waals surface area contributed by atoms with E-state index in [1.165, 1.54) is 6.20 Å². The Kier molecular flexibility index (Phi) is 11.9. The minimum atomic E-state index is -0.876. The van der Waals surface area contributed by atoms with Crippen molar-refractivity contribution in [2.24, 2.45) is 11.8 Å². The smallest absolute Gasteiger partial charge is 0.311 e. The van der Waals surface area contributed by atoms with E-state index in [9.17, 15) is 23.5 Å². The highest BCUT2D eigenvalue weighted by atomic mass is 35.5.